The number of nitroso groups, excluding NO2 is 1. The maximum absolute atomic E-state index is 10.6. The Bertz CT molecular complexity index is 440. The molecule has 0 heterocycles. The molecule has 0 saturated heterocycles. The van der Waals surface area contributed by atoms with Gasteiger partial charge >= 0.3 is 0 Å². The second-order valence-corrected chi connectivity index (χ2v) is 3.68. The van der Waals surface area contributed by atoms with Gasteiger partial charge in [0.25, 0.3) is 10.1 Å². The molecule has 0 atom stereocenters. The van der Waals surface area contributed by atoms with Gasteiger partial charge in [0.2, 0.25) is 0 Å². The Labute approximate surface area is 74.1 Å². The highest BCUT2D eigenvalue weighted by molar-refractivity contribution is 7.86. The second kappa shape index (κ2) is 3.11. The van der Waals surface area contributed by atoms with Gasteiger partial charge in [-0.25, -0.2) is 0 Å². The maximum atomic E-state index is 10.6. The van der Waals surface area contributed by atoms with E-state index in [1.165, 1.54) is 6.07 Å². The Hall–Kier alpha value is -1.47. The quantitative estimate of drug-likeness (QED) is 0.420. The lowest BCUT2D eigenvalue weighted by atomic mass is 10.3. The van der Waals surface area contributed by atoms with Crippen LogP contribution in [-0.2, 0) is 10.1 Å². The van der Waals surface area contributed by atoms with Crippen LogP contribution in [0.15, 0.2) is 28.3 Å². The van der Waals surface area contributed by atoms with Crippen molar-refractivity contribution < 1.29 is 13.0 Å². The van der Waals surface area contributed by atoms with Crippen LogP contribution in [0.5, 0.6) is 0 Å². The van der Waals surface area contributed by atoms with Gasteiger partial charge in [-0.05, 0) is 23.4 Å². The molecule has 0 radical (unpaired) electrons. The standard InChI is InChI=1S/C6H6N2O4S/c7-4-1-2-6(13(10,11)12)5(3-4)8-9/h1-3H,7H2,(H,10,11,12). The fourth-order valence-corrected chi connectivity index (χ4v) is 1.42. The first-order valence-electron chi connectivity index (χ1n) is 3.15. The molecular weight excluding hydrogens is 196 g/mol. The van der Waals surface area contributed by atoms with Crippen molar-refractivity contribution in [3.8, 4) is 0 Å². The Kier molecular flexibility index (Phi) is 2.30. The van der Waals surface area contributed by atoms with E-state index in [1.807, 2.05) is 0 Å². The smallest absolute Gasteiger partial charge is 0.296 e. The lowest BCUT2D eigenvalue weighted by Crippen LogP contribution is -1.98. The van der Waals surface area contributed by atoms with Gasteiger partial charge in [0.1, 0.15) is 10.6 Å². The van der Waals surface area contributed by atoms with Crippen molar-refractivity contribution in [1.82, 2.24) is 0 Å². The number of benzene rings is 1. The van der Waals surface area contributed by atoms with Crippen LogP contribution in [0.1, 0.15) is 0 Å². The average molecular weight is 202 g/mol. The van der Waals surface area contributed by atoms with Crippen molar-refractivity contribution in [2.24, 2.45) is 5.18 Å². The van der Waals surface area contributed by atoms with Gasteiger partial charge < -0.3 is 5.73 Å². The summed E-state index contributed by atoms with van der Waals surface area (Å²) in [5.74, 6) is 0. The van der Waals surface area contributed by atoms with E-state index < -0.39 is 20.7 Å². The lowest BCUT2D eigenvalue weighted by molar-refractivity contribution is 0.483. The summed E-state index contributed by atoms with van der Waals surface area (Å²) in [4.78, 5) is 9.60. The zero-order valence-corrected chi connectivity index (χ0v) is 7.15. The molecule has 13 heavy (non-hydrogen) atoms. The van der Waals surface area contributed by atoms with Gasteiger partial charge in [-0.1, -0.05) is 0 Å². The summed E-state index contributed by atoms with van der Waals surface area (Å²) >= 11 is 0. The van der Waals surface area contributed by atoms with E-state index in [2.05, 4.69) is 5.18 Å². The van der Waals surface area contributed by atoms with Crippen LogP contribution in [0.4, 0.5) is 11.4 Å². The number of nitrogen functional groups attached to an aromatic ring is 1. The normalized spacial score (nSPS) is 11.2. The van der Waals surface area contributed by atoms with Crippen LogP contribution in [0.2, 0.25) is 0 Å². The van der Waals surface area contributed by atoms with Gasteiger partial charge in [-0.3, -0.25) is 4.55 Å². The summed E-state index contributed by atoms with van der Waals surface area (Å²) in [6.45, 7) is 0. The summed E-state index contributed by atoms with van der Waals surface area (Å²) in [7, 11) is -4.41. The van der Waals surface area contributed by atoms with E-state index in [0.717, 1.165) is 12.1 Å². The van der Waals surface area contributed by atoms with Crippen LogP contribution in [-0.4, -0.2) is 13.0 Å². The van der Waals surface area contributed by atoms with Gasteiger partial charge in [-0.15, -0.1) is 4.91 Å². The van der Waals surface area contributed by atoms with Crippen molar-refractivity contribution in [3.63, 3.8) is 0 Å². The Balaban J connectivity index is 3.47. The number of anilines is 1. The lowest BCUT2D eigenvalue weighted by Gasteiger charge is -1.99. The van der Waals surface area contributed by atoms with Crippen molar-refractivity contribution in [3.05, 3.63) is 23.1 Å². The molecule has 7 heteroatoms. The van der Waals surface area contributed by atoms with Crippen molar-refractivity contribution in [1.29, 1.82) is 0 Å². The van der Waals surface area contributed by atoms with E-state index in [0.29, 0.717) is 0 Å². The molecule has 1 aromatic rings. The zero-order valence-electron chi connectivity index (χ0n) is 6.34. The minimum absolute atomic E-state index is 0.196. The summed E-state index contributed by atoms with van der Waals surface area (Å²) in [5.41, 5.74) is 5.07. The van der Waals surface area contributed by atoms with Crippen LogP contribution in [0.25, 0.3) is 0 Å². The van der Waals surface area contributed by atoms with Crippen LogP contribution >= 0.6 is 0 Å². The predicted octanol–water partition coefficient (Wildman–Crippen LogP) is 0.913. The largest absolute Gasteiger partial charge is 0.399 e. The molecule has 0 aliphatic rings. The fourth-order valence-electron chi connectivity index (χ4n) is 0.824. The summed E-state index contributed by atoms with van der Waals surface area (Å²) in [6.07, 6.45) is 0. The van der Waals surface area contributed by atoms with Crippen molar-refractivity contribution >= 4 is 21.5 Å². The third kappa shape index (κ3) is 2.01. The maximum Gasteiger partial charge on any atom is 0.296 e. The van der Waals surface area contributed by atoms with E-state index in [-0.39, 0.29) is 5.69 Å². The molecule has 0 fully saturated rings. The van der Waals surface area contributed by atoms with Gasteiger partial charge in [-0.2, -0.15) is 8.42 Å². The third-order valence-corrected chi connectivity index (χ3v) is 2.26. The van der Waals surface area contributed by atoms with E-state index in [4.69, 9.17) is 10.3 Å². The predicted molar refractivity (Wildman–Crippen MR) is 46.1 cm³/mol. The number of hydrogen-bond acceptors (Lipinski definition) is 5. The highest BCUT2D eigenvalue weighted by Crippen LogP contribution is 2.25. The molecular formula is C6H6N2O4S. The molecule has 0 aliphatic heterocycles. The minimum atomic E-state index is -4.41. The SMILES string of the molecule is Nc1ccc(S(=O)(=O)O)c(N=O)c1. The highest BCUT2D eigenvalue weighted by atomic mass is 32.2. The topological polar surface area (TPSA) is 110 Å². The number of hydrogen-bond donors (Lipinski definition) is 2. The van der Waals surface area contributed by atoms with Gasteiger partial charge in [0.15, 0.2) is 0 Å². The molecule has 0 amide bonds. The Morgan fingerprint density at radius 3 is 2.46 bits per heavy atom. The van der Waals surface area contributed by atoms with E-state index in [9.17, 15) is 13.3 Å². The molecule has 6 nitrogen and oxygen atoms in total. The molecule has 0 bridgehead atoms. The zero-order chi connectivity index (χ0) is 10.1. The number of nitrogens with two attached hydrogens (primary N) is 1. The average Bonchev–Trinajstić information content (AvgIpc) is 2.01. The first-order valence-corrected chi connectivity index (χ1v) is 4.59. The van der Waals surface area contributed by atoms with Gasteiger partial charge in [0, 0.05) is 5.69 Å². The van der Waals surface area contributed by atoms with E-state index in [1.54, 1.807) is 0 Å². The third-order valence-electron chi connectivity index (χ3n) is 1.36. The summed E-state index contributed by atoms with van der Waals surface area (Å²) in [5, 5.41) is 2.43. The van der Waals surface area contributed by atoms with Crippen LogP contribution in [0, 0.1) is 4.91 Å². The summed E-state index contributed by atoms with van der Waals surface area (Å²) in [6, 6.07) is 3.33. The molecule has 0 unspecified atom stereocenters. The molecule has 3 N–H and O–H groups in total. The summed E-state index contributed by atoms with van der Waals surface area (Å²) < 4.78 is 29.9. The Morgan fingerprint density at radius 2 is 2.00 bits per heavy atom. The minimum Gasteiger partial charge on any atom is -0.399 e. The second-order valence-electron chi connectivity index (χ2n) is 2.29. The molecule has 0 saturated carbocycles. The van der Waals surface area contributed by atoms with Gasteiger partial charge in [0.05, 0.1) is 0 Å². The first kappa shape index (κ1) is 9.62. The highest BCUT2D eigenvalue weighted by Gasteiger charge is 2.15. The number of rotatable bonds is 2. The Morgan fingerprint density at radius 1 is 1.38 bits per heavy atom. The molecule has 0 aliphatic carbocycles. The fraction of sp³-hybridized carbons (Fsp3) is 0. The van der Waals surface area contributed by atoms with Crippen LogP contribution < -0.4 is 5.73 Å². The monoisotopic (exact) mass is 202 g/mol. The van der Waals surface area contributed by atoms with Crippen LogP contribution in [0.3, 0.4) is 0 Å². The molecule has 70 valence electrons. The molecule has 1 rings (SSSR count). The van der Waals surface area contributed by atoms with Crippen molar-refractivity contribution in [2.45, 2.75) is 4.90 Å². The molecule has 0 spiro atoms. The molecule has 1 aromatic carbocycles. The molecule has 0 aromatic heterocycles. The first-order chi connectivity index (χ1) is 5.95. The van der Waals surface area contributed by atoms with E-state index >= 15 is 0 Å². The number of nitrogens with zero attached hydrogens (tertiary/aromatic N) is 1. The van der Waals surface area contributed by atoms with Crippen molar-refractivity contribution in [2.75, 3.05) is 5.73 Å².